The van der Waals surface area contributed by atoms with Crippen LogP contribution in [0.3, 0.4) is 0 Å². The van der Waals surface area contributed by atoms with E-state index in [0.29, 0.717) is 28.1 Å². The minimum atomic E-state index is -0.343. The molecular weight excluding hydrogens is 418 g/mol. The molecule has 0 aliphatic carbocycles. The Morgan fingerprint density at radius 2 is 1.85 bits per heavy atom. The Balaban J connectivity index is 1.38. The quantitative estimate of drug-likeness (QED) is 0.294. The summed E-state index contributed by atoms with van der Waals surface area (Å²) >= 11 is 0. The maximum Gasteiger partial charge on any atom is 0.271 e. The molecule has 1 heterocycles. The number of hydrogen-bond donors (Lipinski definition) is 3. The number of hydrogen-bond acceptors (Lipinski definition) is 6. The molecule has 33 heavy (non-hydrogen) atoms. The van der Waals surface area contributed by atoms with E-state index in [9.17, 15) is 9.59 Å². The number of aromatic amines is 1. The molecule has 8 nitrogen and oxygen atoms in total. The van der Waals surface area contributed by atoms with E-state index < -0.39 is 0 Å². The van der Waals surface area contributed by atoms with Gasteiger partial charge < -0.3 is 10.1 Å². The lowest BCUT2D eigenvalue weighted by molar-refractivity contribution is 0.0955. The predicted octanol–water partition coefficient (Wildman–Crippen LogP) is 4.22. The number of nitrogens with one attached hydrogen (secondary N) is 3. The molecule has 0 saturated heterocycles. The number of ether oxygens (including phenoxy) is 1. The molecule has 0 bridgehead atoms. The van der Waals surface area contributed by atoms with Gasteiger partial charge in [0.15, 0.2) is 0 Å². The summed E-state index contributed by atoms with van der Waals surface area (Å²) in [6.45, 7) is 3.92. The first kappa shape index (κ1) is 21.8. The van der Waals surface area contributed by atoms with E-state index in [2.05, 4.69) is 25.8 Å². The van der Waals surface area contributed by atoms with Gasteiger partial charge in [-0.1, -0.05) is 24.3 Å². The number of para-hydroxylation sites is 1. The summed E-state index contributed by atoms with van der Waals surface area (Å²) in [4.78, 5) is 31.7. The molecule has 4 aromatic rings. The fraction of sp³-hybridized carbons (Fsp3) is 0.120. The Morgan fingerprint density at radius 3 is 2.64 bits per heavy atom. The molecular formula is C25H23N5O3. The third-order valence-electron chi connectivity index (χ3n) is 4.63. The summed E-state index contributed by atoms with van der Waals surface area (Å²) in [5.41, 5.74) is 4.81. The summed E-state index contributed by atoms with van der Waals surface area (Å²) in [5, 5.41) is 7.59. The minimum absolute atomic E-state index is 0.0756. The second kappa shape index (κ2) is 9.78. The van der Waals surface area contributed by atoms with Crippen LogP contribution in [0.1, 0.15) is 29.8 Å². The number of anilines is 2. The third-order valence-corrected chi connectivity index (χ3v) is 4.63. The zero-order valence-corrected chi connectivity index (χ0v) is 18.2. The monoisotopic (exact) mass is 441 g/mol. The number of amides is 1. The molecule has 0 aliphatic rings. The summed E-state index contributed by atoms with van der Waals surface area (Å²) in [5.74, 6) is 0.722. The van der Waals surface area contributed by atoms with Crippen LogP contribution in [-0.2, 0) is 0 Å². The number of hydrazone groups is 1. The van der Waals surface area contributed by atoms with Crippen LogP contribution < -0.4 is 21.0 Å². The van der Waals surface area contributed by atoms with Crippen molar-refractivity contribution in [2.75, 3.05) is 5.32 Å². The molecule has 0 radical (unpaired) electrons. The van der Waals surface area contributed by atoms with Crippen LogP contribution in [0, 0.1) is 0 Å². The van der Waals surface area contributed by atoms with Crippen molar-refractivity contribution in [1.29, 1.82) is 0 Å². The van der Waals surface area contributed by atoms with Crippen molar-refractivity contribution in [2.24, 2.45) is 5.10 Å². The number of fused-ring (bicyclic) bond motifs is 1. The second-order valence-electron chi connectivity index (χ2n) is 7.57. The number of rotatable bonds is 7. The fourth-order valence-electron chi connectivity index (χ4n) is 3.16. The van der Waals surface area contributed by atoms with Crippen molar-refractivity contribution in [3.63, 3.8) is 0 Å². The molecule has 0 saturated carbocycles. The maximum atomic E-state index is 12.4. The van der Waals surface area contributed by atoms with Gasteiger partial charge in [-0.2, -0.15) is 5.10 Å². The third kappa shape index (κ3) is 5.62. The summed E-state index contributed by atoms with van der Waals surface area (Å²) in [6, 6.07) is 21.3. The van der Waals surface area contributed by atoms with E-state index >= 15 is 0 Å². The smallest absolute Gasteiger partial charge is 0.271 e. The van der Waals surface area contributed by atoms with Gasteiger partial charge in [-0.15, -0.1) is 0 Å². The summed E-state index contributed by atoms with van der Waals surface area (Å²) < 4.78 is 5.65. The van der Waals surface area contributed by atoms with Gasteiger partial charge in [-0.05, 0) is 67.9 Å². The molecule has 0 unspecified atom stereocenters. The van der Waals surface area contributed by atoms with Crippen LogP contribution in [-0.4, -0.2) is 28.2 Å². The lowest BCUT2D eigenvalue weighted by atomic mass is 10.2. The van der Waals surface area contributed by atoms with Gasteiger partial charge in [0, 0.05) is 11.3 Å². The van der Waals surface area contributed by atoms with Crippen molar-refractivity contribution < 1.29 is 9.53 Å². The molecule has 0 atom stereocenters. The zero-order valence-electron chi connectivity index (χ0n) is 18.2. The predicted molar refractivity (Wildman–Crippen MR) is 129 cm³/mol. The first-order chi connectivity index (χ1) is 16.0. The highest BCUT2D eigenvalue weighted by atomic mass is 16.5. The van der Waals surface area contributed by atoms with E-state index in [0.717, 1.165) is 11.3 Å². The lowest BCUT2D eigenvalue weighted by Crippen LogP contribution is -2.17. The number of H-pyrrole nitrogens is 1. The van der Waals surface area contributed by atoms with Crippen LogP contribution in [0.5, 0.6) is 5.75 Å². The molecule has 0 aliphatic heterocycles. The number of aromatic nitrogens is 2. The van der Waals surface area contributed by atoms with E-state index in [4.69, 9.17) is 4.74 Å². The second-order valence-corrected chi connectivity index (χ2v) is 7.57. The van der Waals surface area contributed by atoms with Crippen molar-refractivity contribution in [2.45, 2.75) is 20.0 Å². The summed E-state index contributed by atoms with van der Waals surface area (Å²) in [6.07, 6.45) is 1.63. The molecule has 3 N–H and O–H groups in total. The summed E-state index contributed by atoms with van der Waals surface area (Å²) in [7, 11) is 0. The lowest BCUT2D eigenvalue weighted by Gasteiger charge is -2.09. The van der Waals surface area contributed by atoms with Gasteiger partial charge in [-0.25, -0.2) is 10.4 Å². The topological polar surface area (TPSA) is 108 Å². The van der Waals surface area contributed by atoms with E-state index in [1.807, 2.05) is 44.2 Å². The molecule has 1 amide bonds. The molecule has 1 aromatic heterocycles. The van der Waals surface area contributed by atoms with Gasteiger partial charge >= 0.3 is 0 Å². The zero-order chi connectivity index (χ0) is 23.2. The number of nitrogens with zero attached hydrogens (tertiary/aromatic N) is 2. The Labute approximate surface area is 190 Å². The molecule has 8 heteroatoms. The molecule has 4 rings (SSSR count). The highest BCUT2D eigenvalue weighted by molar-refractivity contribution is 5.95. The number of carbonyl (C=O) groups is 1. The standard InChI is InChI=1S/C25H23N5O3/c1-16(2)33-20-7-5-6-17(14-20)15-26-30-23(31)18-10-12-19(13-11-18)27-25-28-22-9-4-3-8-21(22)24(32)29-25/h3-16H,1-2H3,(H,30,31)(H2,27,28,29,32)/b26-15-. The molecule has 166 valence electrons. The Kier molecular flexibility index (Phi) is 6.45. The van der Waals surface area contributed by atoms with Gasteiger partial charge in [0.2, 0.25) is 5.95 Å². The molecule has 0 spiro atoms. The van der Waals surface area contributed by atoms with Crippen molar-refractivity contribution in [1.82, 2.24) is 15.4 Å². The highest BCUT2D eigenvalue weighted by Crippen LogP contribution is 2.16. The van der Waals surface area contributed by atoms with Crippen molar-refractivity contribution in [3.8, 4) is 5.75 Å². The van der Waals surface area contributed by atoms with Crippen molar-refractivity contribution in [3.05, 3.63) is 94.3 Å². The van der Waals surface area contributed by atoms with E-state index in [-0.39, 0.29) is 17.6 Å². The molecule has 3 aromatic carbocycles. The van der Waals surface area contributed by atoms with Crippen LogP contribution >= 0.6 is 0 Å². The fourth-order valence-corrected chi connectivity index (χ4v) is 3.16. The van der Waals surface area contributed by atoms with Gasteiger partial charge in [0.25, 0.3) is 11.5 Å². The maximum absolute atomic E-state index is 12.4. The average Bonchev–Trinajstić information content (AvgIpc) is 2.79. The first-order valence-electron chi connectivity index (χ1n) is 10.4. The van der Waals surface area contributed by atoms with Gasteiger partial charge in [-0.3, -0.25) is 14.6 Å². The van der Waals surface area contributed by atoms with E-state index in [1.165, 1.54) is 0 Å². The Morgan fingerprint density at radius 1 is 1.06 bits per heavy atom. The number of benzene rings is 3. The Bertz CT molecular complexity index is 1360. The normalized spacial score (nSPS) is 11.1. The van der Waals surface area contributed by atoms with Crippen LogP contribution in [0.15, 0.2) is 82.7 Å². The van der Waals surface area contributed by atoms with Crippen LogP contribution in [0.4, 0.5) is 11.6 Å². The minimum Gasteiger partial charge on any atom is -0.491 e. The van der Waals surface area contributed by atoms with Gasteiger partial charge in [0.05, 0.1) is 23.2 Å². The molecule has 0 fully saturated rings. The van der Waals surface area contributed by atoms with Crippen molar-refractivity contribution >= 4 is 34.7 Å². The van der Waals surface area contributed by atoms with Crippen LogP contribution in [0.25, 0.3) is 10.9 Å². The van der Waals surface area contributed by atoms with Crippen LogP contribution in [0.2, 0.25) is 0 Å². The Hall–Kier alpha value is -4.46. The SMILES string of the molecule is CC(C)Oc1cccc(/C=N\NC(=O)c2ccc(Nc3nc4ccccc4c(=O)[nH]3)cc2)c1. The largest absolute Gasteiger partial charge is 0.491 e. The number of carbonyl (C=O) groups excluding carboxylic acids is 1. The van der Waals surface area contributed by atoms with Gasteiger partial charge in [0.1, 0.15) is 5.75 Å². The average molecular weight is 441 g/mol. The van der Waals surface area contributed by atoms with E-state index in [1.54, 1.807) is 48.7 Å². The highest BCUT2D eigenvalue weighted by Gasteiger charge is 2.06. The first-order valence-corrected chi connectivity index (χ1v) is 10.4.